The van der Waals surface area contributed by atoms with E-state index in [4.69, 9.17) is 4.74 Å². The van der Waals surface area contributed by atoms with E-state index < -0.39 is 0 Å². The smallest absolute Gasteiger partial charge is 0.270 e. The summed E-state index contributed by atoms with van der Waals surface area (Å²) in [5.41, 5.74) is 1.16. The van der Waals surface area contributed by atoms with Crippen LogP contribution in [-0.2, 0) is 4.74 Å². The molecular formula is C11H10N2O3. The SMILES string of the molecule is O=[N+]([O-])c1ccc2c(ccn2C2COC2)c1. The average Bonchev–Trinajstić information content (AvgIpc) is 2.59. The van der Waals surface area contributed by atoms with Gasteiger partial charge in [-0.15, -0.1) is 0 Å². The van der Waals surface area contributed by atoms with E-state index in [1.165, 1.54) is 0 Å². The molecule has 0 radical (unpaired) electrons. The van der Waals surface area contributed by atoms with Crippen molar-refractivity contribution in [2.24, 2.45) is 0 Å². The minimum absolute atomic E-state index is 0.134. The highest BCUT2D eigenvalue weighted by Crippen LogP contribution is 2.27. The summed E-state index contributed by atoms with van der Waals surface area (Å²) < 4.78 is 7.25. The van der Waals surface area contributed by atoms with E-state index in [-0.39, 0.29) is 10.6 Å². The summed E-state index contributed by atoms with van der Waals surface area (Å²) in [7, 11) is 0. The highest BCUT2D eigenvalue weighted by Gasteiger charge is 2.21. The molecule has 1 aromatic carbocycles. The van der Waals surface area contributed by atoms with Gasteiger partial charge in [0.05, 0.1) is 24.2 Å². The zero-order chi connectivity index (χ0) is 11.1. The van der Waals surface area contributed by atoms with Crippen LogP contribution in [-0.4, -0.2) is 22.7 Å². The summed E-state index contributed by atoms with van der Waals surface area (Å²) in [6.45, 7) is 1.45. The molecule has 0 unspecified atom stereocenters. The fourth-order valence-electron chi connectivity index (χ4n) is 1.97. The predicted octanol–water partition coefficient (Wildman–Crippen LogP) is 2.12. The number of fused-ring (bicyclic) bond motifs is 1. The van der Waals surface area contributed by atoms with E-state index in [1.807, 2.05) is 12.3 Å². The van der Waals surface area contributed by atoms with Crippen LogP contribution in [0, 0.1) is 10.1 Å². The number of nitro benzene ring substituents is 1. The maximum absolute atomic E-state index is 10.6. The Kier molecular flexibility index (Phi) is 1.94. The van der Waals surface area contributed by atoms with Crippen LogP contribution in [0.5, 0.6) is 0 Å². The van der Waals surface area contributed by atoms with Gasteiger partial charge in [-0.1, -0.05) is 0 Å². The molecule has 5 heteroatoms. The number of nitrogens with zero attached hydrogens (tertiary/aromatic N) is 2. The van der Waals surface area contributed by atoms with E-state index in [0.29, 0.717) is 6.04 Å². The van der Waals surface area contributed by atoms with E-state index in [1.54, 1.807) is 18.2 Å². The topological polar surface area (TPSA) is 57.3 Å². The maximum Gasteiger partial charge on any atom is 0.270 e. The second kappa shape index (κ2) is 3.31. The summed E-state index contributed by atoms with van der Waals surface area (Å²) >= 11 is 0. The van der Waals surface area contributed by atoms with Gasteiger partial charge in [0.2, 0.25) is 0 Å². The summed E-state index contributed by atoms with van der Waals surface area (Å²) in [5.74, 6) is 0. The standard InChI is InChI=1S/C11H10N2O3/c14-13(15)9-1-2-11-8(5-9)3-4-12(11)10-6-16-7-10/h1-5,10H,6-7H2. The van der Waals surface area contributed by atoms with Gasteiger partial charge >= 0.3 is 0 Å². The second-order valence-electron chi connectivity index (χ2n) is 3.91. The predicted molar refractivity (Wildman–Crippen MR) is 58.4 cm³/mol. The molecule has 16 heavy (non-hydrogen) atoms. The lowest BCUT2D eigenvalue weighted by atomic mass is 10.2. The molecule has 0 aliphatic carbocycles. The van der Waals surface area contributed by atoms with Crippen molar-refractivity contribution in [1.82, 2.24) is 4.57 Å². The molecular weight excluding hydrogens is 208 g/mol. The number of non-ortho nitro benzene ring substituents is 1. The van der Waals surface area contributed by atoms with Crippen LogP contribution < -0.4 is 0 Å². The van der Waals surface area contributed by atoms with Crippen LogP contribution >= 0.6 is 0 Å². The van der Waals surface area contributed by atoms with Gasteiger partial charge in [0, 0.05) is 29.2 Å². The summed E-state index contributed by atoms with van der Waals surface area (Å²) in [6, 6.07) is 7.22. The highest BCUT2D eigenvalue weighted by molar-refractivity contribution is 5.82. The summed E-state index contributed by atoms with van der Waals surface area (Å²) in [5, 5.41) is 11.5. The molecule has 82 valence electrons. The van der Waals surface area contributed by atoms with E-state index in [2.05, 4.69) is 4.57 Å². The van der Waals surface area contributed by atoms with Crippen LogP contribution in [0.1, 0.15) is 6.04 Å². The van der Waals surface area contributed by atoms with Crippen molar-refractivity contribution >= 4 is 16.6 Å². The molecule has 5 nitrogen and oxygen atoms in total. The Bertz CT molecular complexity index is 557. The third kappa shape index (κ3) is 1.29. The largest absolute Gasteiger partial charge is 0.377 e. The highest BCUT2D eigenvalue weighted by atomic mass is 16.6. The van der Waals surface area contributed by atoms with Gasteiger partial charge in [0.25, 0.3) is 5.69 Å². The first-order chi connectivity index (χ1) is 7.75. The van der Waals surface area contributed by atoms with Crippen LogP contribution in [0.25, 0.3) is 10.9 Å². The van der Waals surface area contributed by atoms with Gasteiger partial charge in [0.15, 0.2) is 0 Å². The van der Waals surface area contributed by atoms with Gasteiger partial charge in [-0.3, -0.25) is 10.1 Å². The van der Waals surface area contributed by atoms with Crippen molar-refractivity contribution in [3.05, 3.63) is 40.6 Å². The molecule has 0 N–H and O–H groups in total. The monoisotopic (exact) mass is 218 g/mol. The van der Waals surface area contributed by atoms with E-state index in [9.17, 15) is 10.1 Å². The minimum atomic E-state index is -0.372. The molecule has 3 rings (SSSR count). The molecule has 2 aromatic rings. The van der Waals surface area contributed by atoms with Crippen molar-refractivity contribution in [3.8, 4) is 0 Å². The molecule has 0 saturated carbocycles. The molecule has 0 amide bonds. The number of rotatable bonds is 2. The van der Waals surface area contributed by atoms with E-state index in [0.717, 1.165) is 24.1 Å². The third-order valence-corrected chi connectivity index (χ3v) is 2.93. The Balaban J connectivity index is 2.10. The van der Waals surface area contributed by atoms with Crippen LogP contribution in [0.3, 0.4) is 0 Å². The summed E-state index contributed by atoms with van der Waals surface area (Å²) in [6.07, 6.45) is 1.96. The first-order valence-corrected chi connectivity index (χ1v) is 5.08. The zero-order valence-corrected chi connectivity index (χ0v) is 8.50. The van der Waals surface area contributed by atoms with Crippen LogP contribution in [0.4, 0.5) is 5.69 Å². The number of aromatic nitrogens is 1. The summed E-state index contributed by atoms with van der Waals surface area (Å²) in [4.78, 5) is 10.3. The molecule has 1 aliphatic heterocycles. The quantitative estimate of drug-likeness (QED) is 0.573. The lowest BCUT2D eigenvalue weighted by Gasteiger charge is -2.28. The second-order valence-corrected chi connectivity index (χ2v) is 3.91. The lowest BCUT2D eigenvalue weighted by molar-refractivity contribution is -0.384. The fraction of sp³-hybridized carbons (Fsp3) is 0.273. The lowest BCUT2D eigenvalue weighted by Crippen LogP contribution is -2.29. The van der Waals surface area contributed by atoms with Gasteiger partial charge in [-0.25, -0.2) is 0 Å². The van der Waals surface area contributed by atoms with Crippen LogP contribution in [0.2, 0.25) is 0 Å². The van der Waals surface area contributed by atoms with Crippen molar-refractivity contribution in [1.29, 1.82) is 0 Å². The number of hydrogen-bond acceptors (Lipinski definition) is 3. The molecule has 1 fully saturated rings. The molecule has 1 aliphatic rings. The Morgan fingerprint density at radius 2 is 2.19 bits per heavy atom. The van der Waals surface area contributed by atoms with Crippen molar-refractivity contribution in [3.63, 3.8) is 0 Å². The maximum atomic E-state index is 10.6. The molecule has 1 aromatic heterocycles. The first kappa shape index (κ1) is 9.35. The normalized spacial score (nSPS) is 16.2. The third-order valence-electron chi connectivity index (χ3n) is 2.93. The number of hydrogen-bond donors (Lipinski definition) is 0. The molecule has 0 atom stereocenters. The molecule has 1 saturated heterocycles. The number of nitro groups is 1. The van der Waals surface area contributed by atoms with Crippen LogP contribution in [0.15, 0.2) is 30.5 Å². The van der Waals surface area contributed by atoms with E-state index >= 15 is 0 Å². The zero-order valence-electron chi connectivity index (χ0n) is 8.50. The molecule has 0 spiro atoms. The van der Waals surface area contributed by atoms with Gasteiger partial charge in [-0.2, -0.15) is 0 Å². The van der Waals surface area contributed by atoms with Gasteiger partial charge < -0.3 is 9.30 Å². The van der Waals surface area contributed by atoms with Crippen molar-refractivity contribution < 1.29 is 9.66 Å². The fourth-order valence-corrected chi connectivity index (χ4v) is 1.97. The number of ether oxygens (including phenoxy) is 1. The Morgan fingerprint density at radius 3 is 2.81 bits per heavy atom. The van der Waals surface area contributed by atoms with Crippen molar-refractivity contribution in [2.45, 2.75) is 6.04 Å². The van der Waals surface area contributed by atoms with Gasteiger partial charge in [0.1, 0.15) is 0 Å². The van der Waals surface area contributed by atoms with Crippen molar-refractivity contribution in [2.75, 3.05) is 13.2 Å². The van der Waals surface area contributed by atoms with Gasteiger partial charge in [-0.05, 0) is 12.1 Å². The minimum Gasteiger partial charge on any atom is -0.377 e. The Labute approximate surface area is 91.4 Å². The average molecular weight is 218 g/mol. The first-order valence-electron chi connectivity index (χ1n) is 5.08. The number of benzene rings is 1. The molecule has 0 bridgehead atoms. The molecule has 2 heterocycles. The Hall–Kier alpha value is -1.88. The Morgan fingerprint density at radius 1 is 1.38 bits per heavy atom.